The maximum Gasteiger partial charge on any atom is 0.274 e. The second-order valence-corrected chi connectivity index (χ2v) is 6.45. The van der Waals surface area contributed by atoms with Crippen LogP contribution in [0.15, 0.2) is 24.5 Å². The van der Waals surface area contributed by atoms with Gasteiger partial charge in [-0.2, -0.15) is 5.10 Å². The number of hydrogen-bond donors (Lipinski definition) is 1. The van der Waals surface area contributed by atoms with Crippen LogP contribution in [-0.2, 0) is 4.74 Å². The lowest BCUT2D eigenvalue weighted by Crippen LogP contribution is -2.40. The molecule has 1 atom stereocenters. The molecular formula is C17H22N6O2. The van der Waals surface area contributed by atoms with Gasteiger partial charge in [-0.05, 0) is 25.0 Å². The molecule has 2 saturated heterocycles. The van der Waals surface area contributed by atoms with E-state index in [2.05, 4.69) is 25.1 Å². The van der Waals surface area contributed by atoms with Crippen molar-refractivity contribution in [2.45, 2.75) is 18.8 Å². The Morgan fingerprint density at radius 2 is 2.00 bits per heavy atom. The van der Waals surface area contributed by atoms with Crippen molar-refractivity contribution in [3.8, 4) is 0 Å². The zero-order valence-corrected chi connectivity index (χ0v) is 14.1. The number of ether oxygens (including phenoxy) is 1. The van der Waals surface area contributed by atoms with Crippen molar-refractivity contribution in [2.75, 3.05) is 44.3 Å². The number of aromatic amines is 1. The Balaban J connectivity index is 1.45. The van der Waals surface area contributed by atoms with Gasteiger partial charge in [-0.1, -0.05) is 0 Å². The molecule has 1 N–H and O–H groups in total. The Hall–Kier alpha value is -2.48. The fourth-order valence-corrected chi connectivity index (χ4v) is 3.45. The number of H-pyrrole nitrogens is 1. The third kappa shape index (κ3) is 3.48. The minimum atomic E-state index is -0.0233. The molecular weight excluding hydrogens is 320 g/mol. The third-order valence-corrected chi connectivity index (χ3v) is 4.81. The molecule has 0 bridgehead atoms. The highest BCUT2D eigenvalue weighted by molar-refractivity contribution is 5.92. The first-order chi connectivity index (χ1) is 12.3. The molecule has 2 fully saturated rings. The fourth-order valence-electron chi connectivity index (χ4n) is 3.45. The number of amides is 1. The number of carbonyl (C=O) groups is 1. The average molecular weight is 342 g/mol. The first kappa shape index (κ1) is 16.0. The van der Waals surface area contributed by atoms with E-state index < -0.39 is 0 Å². The molecule has 25 heavy (non-hydrogen) atoms. The van der Waals surface area contributed by atoms with Gasteiger partial charge in [-0.3, -0.25) is 9.89 Å². The van der Waals surface area contributed by atoms with Crippen LogP contribution in [0.4, 0.5) is 5.95 Å². The van der Waals surface area contributed by atoms with Crippen LogP contribution < -0.4 is 4.90 Å². The predicted octanol–water partition coefficient (Wildman–Crippen LogP) is 1.06. The third-order valence-electron chi connectivity index (χ3n) is 4.81. The molecule has 8 nitrogen and oxygen atoms in total. The average Bonchev–Trinajstić information content (AvgIpc) is 3.19. The molecule has 2 aliphatic rings. The van der Waals surface area contributed by atoms with E-state index in [0.29, 0.717) is 37.9 Å². The van der Waals surface area contributed by atoms with Gasteiger partial charge in [0.1, 0.15) is 5.69 Å². The van der Waals surface area contributed by atoms with Gasteiger partial charge in [-0.25, -0.2) is 9.97 Å². The molecule has 0 radical (unpaired) electrons. The monoisotopic (exact) mass is 342 g/mol. The molecule has 0 spiro atoms. The number of morpholine rings is 1. The second-order valence-electron chi connectivity index (χ2n) is 6.45. The standard InChI is InChI=1S/C17H22N6O2/c24-16(22-7-9-25-10-8-22)15-11-14(20-21-15)13-3-1-6-23(12-13)17-18-4-2-5-19-17/h2,4-5,11,13H,1,3,6-10,12H2,(H,20,21)/t13-/m1/s1. The molecule has 0 saturated carbocycles. The van der Waals surface area contributed by atoms with Crippen LogP contribution in [0.25, 0.3) is 0 Å². The number of nitrogens with one attached hydrogen (secondary N) is 1. The molecule has 2 aliphatic heterocycles. The Bertz CT molecular complexity index is 713. The zero-order chi connectivity index (χ0) is 17.1. The van der Waals surface area contributed by atoms with E-state index in [9.17, 15) is 4.79 Å². The lowest BCUT2D eigenvalue weighted by atomic mass is 9.95. The molecule has 8 heteroatoms. The summed E-state index contributed by atoms with van der Waals surface area (Å²) < 4.78 is 5.30. The molecule has 1 amide bonds. The second kappa shape index (κ2) is 7.18. The van der Waals surface area contributed by atoms with Crippen molar-refractivity contribution in [3.05, 3.63) is 35.9 Å². The first-order valence-electron chi connectivity index (χ1n) is 8.75. The molecule has 0 unspecified atom stereocenters. The highest BCUT2D eigenvalue weighted by Gasteiger charge is 2.26. The summed E-state index contributed by atoms with van der Waals surface area (Å²) in [6, 6.07) is 3.72. The van der Waals surface area contributed by atoms with Crippen LogP contribution in [0.3, 0.4) is 0 Å². The summed E-state index contributed by atoms with van der Waals surface area (Å²) in [7, 11) is 0. The Morgan fingerprint density at radius 1 is 1.20 bits per heavy atom. The van der Waals surface area contributed by atoms with Gasteiger partial charge in [0.25, 0.3) is 5.91 Å². The summed E-state index contributed by atoms with van der Waals surface area (Å²) in [5.41, 5.74) is 1.50. The summed E-state index contributed by atoms with van der Waals surface area (Å²) in [6.45, 7) is 4.23. The van der Waals surface area contributed by atoms with Gasteiger partial charge in [-0.15, -0.1) is 0 Å². The fraction of sp³-hybridized carbons (Fsp3) is 0.529. The summed E-state index contributed by atoms with van der Waals surface area (Å²) in [5, 5.41) is 7.33. The maximum atomic E-state index is 12.5. The summed E-state index contributed by atoms with van der Waals surface area (Å²) in [5.74, 6) is 1.04. The van der Waals surface area contributed by atoms with Crippen molar-refractivity contribution in [3.63, 3.8) is 0 Å². The Kier molecular flexibility index (Phi) is 4.60. The van der Waals surface area contributed by atoms with Gasteiger partial charge in [0, 0.05) is 50.2 Å². The van der Waals surface area contributed by atoms with Crippen LogP contribution in [0, 0.1) is 0 Å². The normalized spacial score (nSPS) is 21.4. The highest BCUT2D eigenvalue weighted by atomic mass is 16.5. The number of nitrogens with zero attached hydrogens (tertiary/aromatic N) is 5. The van der Waals surface area contributed by atoms with Crippen molar-refractivity contribution in [1.82, 2.24) is 25.1 Å². The molecule has 4 rings (SSSR count). The number of rotatable bonds is 3. The van der Waals surface area contributed by atoms with Crippen LogP contribution in [0.2, 0.25) is 0 Å². The predicted molar refractivity (Wildman–Crippen MR) is 91.5 cm³/mol. The molecule has 2 aromatic heterocycles. The van der Waals surface area contributed by atoms with Crippen molar-refractivity contribution < 1.29 is 9.53 Å². The lowest BCUT2D eigenvalue weighted by Gasteiger charge is -2.32. The lowest BCUT2D eigenvalue weighted by molar-refractivity contribution is 0.0299. The number of hydrogen-bond acceptors (Lipinski definition) is 6. The molecule has 0 aromatic carbocycles. The Morgan fingerprint density at radius 3 is 2.80 bits per heavy atom. The van der Waals surface area contributed by atoms with Crippen LogP contribution in [-0.4, -0.2) is 70.4 Å². The highest BCUT2D eigenvalue weighted by Crippen LogP contribution is 2.27. The summed E-state index contributed by atoms with van der Waals surface area (Å²) in [6.07, 6.45) is 5.66. The summed E-state index contributed by atoms with van der Waals surface area (Å²) >= 11 is 0. The topological polar surface area (TPSA) is 87.2 Å². The summed E-state index contributed by atoms with van der Waals surface area (Å²) in [4.78, 5) is 25.2. The SMILES string of the molecule is O=C(c1cc([C@@H]2CCCN(c3ncccn3)C2)[nH]n1)N1CCOCC1. The van der Waals surface area contributed by atoms with E-state index in [0.717, 1.165) is 37.6 Å². The number of carbonyl (C=O) groups excluding carboxylic acids is 1. The van der Waals surface area contributed by atoms with Crippen molar-refractivity contribution in [2.24, 2.45) is 0 Å². The first-order valence-corrected chi connectivity index (χ1v) is 8.75. The van der Waals surface area contributed by atoms with E-state index in [1.54, 1.807) is 17.3 Å². The zero-order valence-electron chi connectivity index (χ0n) is 14.1. The number of piperidine rings is 1. The molecule has 2 aromatic rings. The van der Waals surface area contributed by atoms with E-state index in [4.69, 9.17) is 4.74 Å². The number of aromatic nitrogens is 4. The van der Waals surface area contributed by atoms with Gasteiger partial charge in [0.15, 0.2) is 0 Å². The number of anilines is 1. The molecule has 132 valence electrons. The minimum Gasteiger partial charge on any atom is -0.378 e. The van der Waals surface area contributed by atoms with Crippen LogP contribution in [0.1, 0.15) is 34.9 Å². The quantitative estimate of drug-likeness (QED) is 0.897. The van der Waals surface area contributed by atoms with Crippen LogP contribution in [0.5, 0.6) is 0 Å². The van der Waals surface area contributed by atoms with E-state index in [1.807, 2.05) is 12.1 Å². The van der Waals surface area contributed by atoms with Gasteiger partial charge in [0.2, 0.25) is 5.95 Å². The smallest absolute Gasteiger partial charge is 0.274 e. The minimum absolute atomic E-state index is 0.0233. The van der Waals surface area contributed by atoms with Gasteiger partial charge >= 0.3 is 0 Å². The van der Waals surface area contributed by atoms with E-state index in [1.165, 1.54) is 0 Å². The largest absolute Gasteiger partial charge is 0.378 e. The van der Waals surface area contributed by atoms with Gasteiger partial charge < -0.3 is 14.5 Å². The molecule has 0 aliphatic carbocycles. The van der Waals surface area contributed by atoms with Crippen molar-refractivity contribution >= 4 is 11.9 Å². The Labute approximate surface area is 146 Å². The van der Waals surface area contributed by atoms with E-state index in [-0.39, 0.29) is 5.91 Å². The van der Waals surface area contributed by atoms with E-state index >= 15 is 0 Å². The van der Waals surface area contributed by atoms with Crippen LogP contribution >= 0.6 is 0 Å². The maximum absolute atomic E-state index is 12.5. The van der Waals surface area contributed by atoms with Gasteiger partial charge in [0.05, 0.1) is 13.2 Å². The molecule has 4 heterocycles. The van der Waals surface area contributed by atoms with Crippen molar-refractivity contribution in [1.29, 1.82) is 0 Å².